The first-order chi connectivity index (χ1) is 11.6. The Morgan fingerprint density at radius 2 is 2.12 bits per heavy atom. The van der Waals surface area contributed by atoms with E-state index in [0.717, 1.165) is 15.8 Å². The molecule has 0 bridgehead atoms. The van der Waals surface area contributed by atoms with Crippen molar-refractivity contribution >= 4 is 56.2 Å². The summed E-state index contributed by atoms with van der Waals surface area (Å²) in [7, 11) is 0. The monoisotopic (exact) mass is 422 g/mol. The molecule has 0 aliphatic heterocycles. The molecule has 1 aromatic carbocycles. The van der Waals surface area contributed by atoms with E-state index in [2.05, 4.69) is 25.9 Å². The van der Waals surface area contributed by atoms with Crippen LogP contribution in [0.2, 0.25) is 5.15 Å². The minimum atomic E-state index is -0.460. The second-order valence-corrected chi connectivity index (χ2v) is 7.12. The Morgan fingerprint density at radius 1 is 1.29 bits per heavy atom. The number of hydrogen-bond donors (Lipinski definition) is 0. The summed E-state index contributed by atoms with van der Waals surface area (Å²) < 4.78 is 6.03. The van der Waals surface area contributed by atoms with E-state index in [9.17, 15) is 4.79 Å². The molecule has 24 heavy (non-hydrogen) atoms. The van der Waals surface area contributed by atoms with Gasteiger partial charge in [0.25, 0.3) is 0 Å². The van der Waals surface area contributed by atoms with E-state index in [1.807, 2.05) is 30.5 Å². The zero-order chi connectivity index (χ0) is 17.1. The lowest BCUT2D eigenvalue weighted by Gasteiger charge is -2.08. The van der Waals surface area contributed by atoms with Crippen molar-refractivity contribution in [2.45, 2.75) is 11.5 Å². The maximum Gasteiger partial charge on any atom is 0.340 e. The summed E-state index contributed by atoms with van der Waals surface area (Å²) in [4.78, 5) is 21.5. The average molecular weight is 424 g/mol. The van der Waals surface area contributed by atoms with Gasteiger partial charge in [-0.2, -0.15) is 0 Å². The van der Waals surface area contributed by atoms with Gasteiger partial charge in [-0.3, -0.25) is 4.98 Å². The Morgan fingerprint density at radius 3 is 2.88 bits per heavy atom. The van der Waals surface area contributed by atoms with Crippen LogP contribution in [0, 0.1) is 0 Å². The molecule has 0 fully saturated rings. The Balaban J connectivity index is 1.80. The van der Waals surface area contributed by atoms with Crippen molar-refractivity contribution in [2.75, 3.05) is 6.26 Å². The summed E-state index contributed by atoms with van der Waals surface area (Å²) in [6, 6.07) is 9.52. The van der Waals surface area contributed by atoms with Crippen LogP contribution >= 0.6 is 39.3 Å². The third kappa shape index (κ3) is 3.88. The molecule has 2 heterocycles. The van der Waals surface area contributed by atoms with Crippen molar-refractivity contribution in [3.05, 3.63) is 63.5 Å². The summed E-state index contributed by atoms with van der Waals surface area (Å²) in [6.45, 7) is 0.0530. The van der Waals surface area contributed by atoms with Crippen LogP contribution in [-0.2, 0) is 11.3 Å². The number of halogens is 2. The van der Waals surface area contributed by atoms with Crippen LogP contribution in [0.1, 0.15) is 15.9 Å². The third-order valence-corrected chi connectivity index (χ3v) is 4.84. The van der Waals surface area contributed by atoms with Crippen LogP contribution in [0.5, 0.6) is 0 Å². The number of aromatic nitrogens is 2. The fraction of sp³-hybridized carbons (Fsp3) is 0.118. The number of thioether (sulfide) groups is 1. The summed E-state index contributed by atoms with van der Waals surface area (Å²) in [6.07, 6.45) is 5.06. The molecule has 0 saturated carbocycles. The van der Waals surface area contributed by atoms with Gasteiger partial charge in [-0.15, -0.1) is 11.8 Å². The zero-order valence-corrected chi connectivity index (χ0v) is 15.8. The van der Waals surface area contributed by atoms with Gasteiger partial charge in [-0.25, -0.2) is 9.78 Å². The number of benzene rings is 1. The normalized spacial score (nSPS) is 10.8. The van der Waals surface area contributed by atoms with Crippen LogP contribution in [0.25, 0.3) is 10.9 Å². The largest absolute Gasteiger partial charge is 0.457 e. The lowest BCUT2D eigenvalue weighted by molar-refractivity contribution is 0.0472. The number of pyridine rings is 2. The number of hydrogen-bond acceptors (Lipinski definition) is 5. The Hall–Kier alpha value is -1.63. The highest BCUT2D eigenvalue weighted by molar-refractivity contribution is 9.10. The van der Waals surface area contributed by atoms with Gasteiger partial charge in [-0.05, 0) is 46.5 Å². The van der Waals surface area contributed by atoms with E-state index in [0.29, 0.717) is 20.8 Å². The molecule has 0 saturated heterocycles. The van der Waals surface area contributed by atoms with Crippen LogP contribution in [0.3, 0.4) is 0 Å². The second-order valence-electron chi connectivity index (χ2n) is 4.96. The zero-order valence-electron chi connectivity index (χ0n) is 12.6. The maximum atomic E-state index is 12.1. The summed E-state index contributed by atoms with van der Waals surface area (Å²) >= 11 is 11.1. The first kappa shape index (κ1) is 17.2. The SMILES string of the molecule is CSc1ccc2cc(COC(=O)c3cncc(Br)c3)c(Cl)nc2c1. The smallest absolute Gasteiger partial charge is 0.340 e. The van der Waals surface area contributed by atoms with Crippen molar-refractivity contribution in [3.63, 3.8) is 0 Å². The fourth-order valence-electron chi connectivity index (χ4n) is 2.15. The second kappa shape index (κ2) is 7.51. The third-order valence-electron chi connectivity index (χ3n) is 3.35. The van der Waals surface area contributed by atoms with Crippen LogP contribution in [-0.4, -0.2) is 22.2 Å². The van der Waals surface area contributed by atoms with Gasteiger partial charge in [0.1, 0.15) is 11.8 Å². The van der Waals surface area contributed by atoms with Gasteiger partial charge >= 0.3 is 5.97 Å². The molecule has 122 valence electrons. The van der Waals surface area contributed by atoms with Crippen LogP contribution < -0.4 is 0 Å². The molecule has 2 aromatic heterocycles. The number of rotatable bonds is 4. The molecule has 3 rings (SSSR count). The molecule has 7 heteroatoms. The molecular weight excluding hydrogens is 412 g/mol. The summed E-state index contributed by atoms with van der Waals surface area (Å²) in [5.41, 5.74) is 1.86. The molecule has 0 N–H and O–H groups in total. The average Bonchev–Trinajstić information content (AvgIpc) is 2.59. The lowest BCUT2D eigenvalue weighted by atomic mass is 10.1. The highest BCUT2D eigenvalue weighted by Gasteiger charge is 2.11. The Kier molecular flexibility index (Phi) is 5.38. The van der Waals surface area contributed by atoms with E-state index >= 15 is 0 Å². The molecule has 0 aliphatic rings. The van der Waals surface area contributed by atoms with Crippen molar-refractivity contribution in [3.8, 4) is 0 Å². The van der Waals surface area contributed by atoms with Gasteiger partial charge in [0.2, 0.25) is 0 Å². The van der Waals surface area contributed by atoms with Gasteiger partial charge in [0.05, 0.1) is 11.1 Å². The Labute approximate surface area is 156 Å². The fourth-order valence-corrected chi connectivity index (χ4v) is 3.14. The molecule has 0 aliphatic carbocycles. The highest BCUT2D eigenvalue weighted by atomic mass is 79.9. The number of carbonyl (C=O) groups excluding carboxylic acids is 1. The first-order valence-corrected chi connectivity index (χ1v) is 9.37. The van der Waals surface area contributed by atoms with Crippen molar-refractivity contribution in [2.24, 2.45) is 0 Å². The topological polar surface area (TPSA) is 52.1 Å². The molecule has 0 spiro atoms. The minimum absolute atomic E-state index is 0.0530. The van der Waals surface area contributed by atoms with Crippen LogP contribution in [0.4, 0.5) is 0 Å². The number of nitrogens with zero attached hydrogens (tertiary/aromatic N) is 2. The van der Waals surface area contributed by atoms with E-state index in [-0.39, 0.29) is 6.61 Å². The predicted molar refractivity (Wildman–Crippen MR) is 99.6 cm³/mol. The molecule has 0 amide bonds. The molecule has 0 unspecified atom stereocenters. The van der Waals surface area contributed by atoms with Crippen molar-refractivity contribution < 1.29 is 9.53 Å². The maximum absolute atomic E-state index is 12.1. The van der Waals surface area contributed by atoms with Crippen LogP contribution in [0.15, 0.2) is 52.1 Å². The molecule has 4 nitrogen and oxygen atoms in total. The highest BCUT2D eigenvalue weighted by Crippen LogP contribution is 2.25. The number of fused-ring (bicyclic) bond motifs is 1. The van der Waals surface area contributed by atoms with E-state index in [1.54, 1.807) is 24.0 Å². The molecule has 3 aromatic rings. The number of esters is 1. The molecular formula is C17H12BrClN2O2S. The van der Waals surface area contributed by atoms with Gasteiger partial charge < -0.3 is 4.74 Å². The Bertz CT molecular complexity index is 920. The van der Waals surface area contributed by atoms with E-state index < -0.39 is 5.97 Å². The molecule has 0 radical (unpaired) electrons. The first-order valence-electron chi connectivity index (χ1n) is 6.97. The standard InChI is InChI=1S/C17H12BrClN2O2S/c1-24-14-3-2-10-4-12(16(19)21-15(10)6-14)9-23-17(22)11-5-13(18)8-20-7-11/h2-8H,9H2,1H3. The van der Waals surface area contributed by atoms with E-state index in [1.165, 1.54) is 6.20 Å². The number of ether oxygens (including phenoxy) is 1. The number of carbonyl (C=O) groups is 1. The molecule has 0 atom stereocenters. The van der Waals surface area contributed by atoms with Gasteiger partial charge in [0, 0.05) is 32.7 Å². The van der Waals surface area contributed by atoms with Gasteiger partial charge in [0.15, 0.2) is 0 Å². The lowest BCUT2D eigenvalue weighted by Crippen LogP contribution is -2.06. The van der Waals surface area contributed by atoms with Crippen molar-refractivity contribution in [1.29, 1.82) is 0 Å². The van der Waals surface area contributed by atoms with Gasteiger partial charge in [-0.1, -0.05) is 17.7 Å². The quantitative estimate of drug-likeness (QED) is 0.331. The van der Waals surface area contributed by atoms with Crippen molar-refractivity contribution in [1.82, 2.24) is 9.97 Å². The predicted octanol–water partition coefficient (Wildman–Crippen LogP) is 5.12. The summed E-state index contributed by atoms with van der Waals surface area (Å²) in [5, 5.41) is 1.29. The van der Waals surface area contributed by atoms with E-state index in [4.69, 9.17) is 16.3 Å². The minimum Gasteiger partial charge on any atom is -0.457 e. The summed E-state index contributed by atoms with van der Waals surface area (Å²) in [5.74, 6) is -0.460.